The van der Waals surface area contributed by atoms with Crippen LogP contribution in [-0.4, -0.2) is 10.9 Å². The third kappa shape index (κ3) is 3.76. The van der Waals surface area contributed by atoms with Crippen LogP contribution in [0.3, 0.4) is 0 Å². The van der Waals surface area contributed by atoms with Gasteiger partial charge in [0.15, 0.2) is 5.13 Å². The standard InChI is InChI=1S/C15H16N2OS/c1-10-4-6-13(7-5-10)8-9-14(18)17-15-16-11(2)12(3)19-15/h4-9H,1-3H3,(H,16,17,18). The van der Waals surface area contributed by atoms with E-state index in [4.69, 9.17) is 0 Å². The van der Waals surface area contributed by atoms with Gasteiger partial charge in [-0.05, 0) is 32.4 Å². The highest BCUT2D eigenvalue weighted by molar-refractivity contribution is 7.15. The number of rotatable bonds is 3. The van der Waals surface area contributed by atoms with Gasteiger partial charge >= 0.3 is 0 Å². The van der Waals surface area contributed by atoms with Gasteiger partial charge in [-0.15, -0.1) is 11.3 Å². The van der Waals surface area contributed by atoms with Gasteiger partial charge in [-0.25, -0.2) is 4.98 Å². The maximum Gasteiger partial charge on any atom is 0.250 e. The van der Waals surface area contributed by atoms with Crippen LogP contribution in [0.15, 0.2) is 30.3 Å². The van der Waals surface area contributed by atoms with E-state index in [0.29, 0.717) is 5.13 Å². The van der Waals surface area contributed by atoms with E-state index >= 15 is 0 Å². The van der Waals surface area contributed by atoms with Gasteiger partial charge in [0.05, 0.1) is 5.69 Å². The number of aryl methyl sites for hydroxylation is 3. The van der Waals surface area contributed by atoms with E-state index in [0.717, 1.165) is 16.1 Å². The molecule has 1 N–H and O–H groups in total. The Morgan fingerprint density at radius 2 is 1.89 bits per heavy atom. The lowest BCUT2D eigenvalue weighted by atomic mass is 10.1. The molecule has 1 aromatic carbocycles. The summed E-state index contributed by atoms with van der Waals surface area (Å²) in [7, 11) is 0. The van der Waals surface area contributed by atoms with E-state index in [1.165, 1.54) is 23.0 Å². The molecule has 0 fully saturated rings. The fraction of sp³-hybridized carbons (Fsp3) is 0.200. The Labute approximate surface area is 117 Å². The molecule has 0 bridgehead atoms. The summed E-state index contributed by atoms with van der Waals surface area (Å²) < 4.78 is 0. The lowest BCUT2D eigenvalue weighted by Gasteiger charge is -1.96. The average molecular weight is 272 g/mol. The average Bonchev–Trinajstić information content (AvgIpc) is 2.67. The molecule has 0 saturated carbocycles. The number of nitrogens with zero attached hydrogens (tertiary/aromatic N) is 1. The molecular formula is C15H16N2OS. The highest BCUT2D eigenvalue weighted by atomic mass is 32.1. The number of hydrogen-bond donors (Lipinski definition) is 1. The smallest absolute Gasteiger partial charge is 0.250 e. The molecule has 0 radical (unpaired) electrons. The number of hydrogen-bond acceptors (Lipinski definition) is 3. The van der Waals surface area contributed by atoms with E-state index in [2.05, 4.69) is 10.3 Å². The predicted octanol–water partition coefficient (Wildman–Crippen LogP) is 3.72. The second-order valence-electron chi connectivity index (χ2n) is 4.39. The summed E-state index contributed by atoms with van der Waals surface area (Å²) in [5.74, 6) is -0.158. The molecule has 1 amide bonds. The zero-order valence-electron chi connectivity index (χ0n) is 11.2. The van der Waals surface area contributed by atoms with Crippen LogP contribution in [0.1, 0.15) is 21.7 Å². The van der Waals surface area contributed by atoms with E-state index in [1.807, 2.05) is 45.0 Å². The molecule has 0 spiro atoms. The molecule has 0 atom stereocenters. The second-order valence-corrected chi connectivity index (χ2v) is 5.60. The summed E-state index contributed by atoms with van der Waals surface area (Å²) in [6.45, 7) is 5.96. The SMILES string of the molecule is Cc1ccc(C=CC(=O)Nc2nc(C)c(C)s2)cc1. The number of carbonyl (C=O) groups is 1. The second kappa shape index (κ2) is 5.80. The predicted molar refractivity (Wildman–Crippen MR) is 80.4 cm³/mol. The first-order valence-electron chi connectivity index (χ1n) is 6.04. The third-order valence-corrected chi connectivity index (χ3v) is 3.75. The summed E-state index contributed by atoms with van der Waals surface area (Å²) in [4.78, 5) is 17.1. The highest BCUT2D eigenvalue weighted by Crippen LogP contribution is 2.20. The quantitative estimate of drug-likeness (QED) is 0.865. The topological polar surface area (TPSA) is 42.0 Å². The van der Waals surface area contributed by atoms with E-state index < -0.39 is 0 Å². The molecule has 0 saturated heterocycles. The van der Waals surface area contributed by atoms with Crippen molar-refractivity contribution in [3.63, 3.8) is 0 Å². The van der Waals surface area contributed by atoms with Crippen molar-refractivity contribution < 1.29 is 4.79 Å². The fourth-order valence-corrected chi connectivity index (χ4v) is 2.34. The minimum absolute atomic E-state index is 0.158. The number of carbonyl (C=O) groups excluding carboxylic acids is 1. The van der Waals surface area contributed by atoms with Crippen LogP contribution in [0, 0.1) is 20.8 Å². The van der Waals surface area contributed by atoms with E-state index in [-0.39, 0.29) is 5.91 Å². The maximum atomic E-state index is 11.7. The molecule has 3 nitrogen and oxygen atoms in total. The lowest BCUT2D eigenvalue weighted by Crippen LogP contribution is -2.07. The number of benzene rings is 1. The van der Waals surface area contributed by atoms with Crippen molar-refractivity contribution in [2.75, 3.05) is 5.32 Å². The molecular weight excluding hydrogens is 256 g/mol. The maximum absolute atomic E-state index is 11.7. The molecule has 2 aromatic rings. The number of amides is 1. The number of thiazole rings is 1. The minimum atomic E-state index is -0.158. The van der Waals surface area contributed by atoms with Crippen molar-refractivity contribution in [1.82, 2.24) is 4.98 Å². The molecule has 1 heterocycles. The summed E-state index contributed by atoms with van der Waals surface area (Å²) in [5, 5.41) is 3.41. The summed E-state index contributed by atoms with van der Waals surface area (Å²) >= 11 is 1.49. The van der Waals surface area contributed by atoms with Crippen LogP contribution in [0.4, 0.5) is 5.13 Å². The number of nitrogens with one attached hydrogen (secondary N) is 1. The Hall–Kier alpha value is -1.94. The number of aromatic nitrogens is 1. The summed E-state index contributed by atoms with van der Waals surface area (Å²) in [6.07, 6.45) is 3.32. The summed E-state index contributed by atoms with van der Waals surface area (Å²) in [5.41, 5.74) is 3.17. The minimum Gasteiger partial charge on any atom is -0.298 e. The van der Waals surface area contributed by atoms with Crippen LogP contribution >= 0.6 is 11.3 Å². The van der Waals surface area contributed by atoms with Crippen LogP contribution < -0.4 is 5.32 Å². The van der Waals surface area contributed by atoms with Gasteiger partial charge < -0.3 is 0 Å². The lowest BCUT2D eigenvalue weighted by molar-refractivity contribution is -0.111. The molecule has 19 heavy (non-hydrogen) atoms. The Morgan fingerprint density at radius 1 is 1.21 bits per heavy atom. The summed E-state index contributed by atoms with van der Waals surface area (Å²) in [6, 6.07) is 8.00. The first kappa shape index (κ1) is 13.5. The van der Waals surface area contributed by atoms with Crippen LogP contribution in [0.25, 0.3) is 6.08 Å². The molecule has 0 aliphatic rings. The normalized spacial score (nSPS) is 10.9. The van der Waals surface area contributed by atoms with Gasteiger partial charge in [0.25, 0.3) is 0 Å². The van der Waals surface area contributed by atoms with Crippen molar-refractivity contribution in [2.24, 2.45) is 0 Å². The highest BCUT2D eigenvalue weighted by Gasteiger charge is 2.05. The Balaban J connectivity index is 1.99. The Kier molecular flexibility index (Phi) is 4.12. The Bertz CT molecular complexity index is 592. The first-order chi connectivity index (χ1) is 9.04. The largest absolute Gasteiger partial charge is 0.298 e. The molecule has 0 unspecified atom stereocenters. The van der Waals surface area contributed by atoms with Crippen molar-refractivity contribution in [2.45, 2.75) is 20.8 Å². The van der Waals surface area contributed by atoms with Gasteiger partial charge in [-0.2, -0.15) is 0 Å². The molecule has 4 heteroatoms. The molecule has 0 aliphatic carbocycles. The Morgan fingerprint density at radius 3 is 2.47 bits per heavy atom. The third-order valence-electron chi connectivity index (χ3n) is 2.76. The van der Waals surface area contributed by atoms with Crippen molar-refractivity contribution in [1.29, 1.82) is 0 Å². The zero-order chi connectivity index (χ0) is 13.8. The van der Waals surface area contributed by atoms with Gasteiger partial charge in [-0.3, -0.25) is 10.1 Å². The molecule has 1 aromatic heterocycles. The first-order valence-corrected chi connectivity index (χ1v) is 6.86. The van der Waals surface area contributed by atoms with Gasteiger partial charge in [0.2, 0.25) is 5.91 Å². The molecule has 0 aliphatic heterocycles. The zero-order valence-corrected chi connectivity index (χ0v) is 12.0. The van der Waals surface area contributed by atoms with Crippen LogP contribution in [0.2, 0.25) is 0 Å². The fourth-order valence-electron chi connectivity index (χ4n) is 1.52. The monoisotopic (exact) mass is 272 g/mol. The van der Waals surface area contributed by atoms with Gasteiger partial charge in [0.1, 0.15) is 0 Å². The van der Waals surface area contributed by atoms with Gasteiger partial charge in [-0.1, -0.05) is 29.8 Å². The van der Waals surface area contributed by atoms with E-state index in [9.17, 15) is 4.79 Å². The van der Waals surface area contributed by atoms with Crippen molar-refractivity contribution >= 4 is 28.5 Å². The van der Waals surface area contributed by atoms with Crippen LogP contribution in [-0.2, 0) is 4.79 Å². The van der Waals surface area contributed by atoms with Gasteiger partial charge in [0, 0.05) is 11.0 Å². The number of anilines is 1. The van der Waals surface area contributed by atoms with E-state index in [1.54, 1.807) is 6.08 Å². The molecule has 98 valence electrons. The van der Waals surface area contributed by atoms with Crippen molar-refractivity contribution in [3.8, 4) is 0 Å². The van der Waals surface area contributed by atoms with Crippen LogP contribution in [0.5, 0.6) is 0 Å². The molecule has 2 rings (SSSR count). The van der Waals surface area contributed by atoms with Crippen molar-refractivity contribution in [3.05, 3.63) is 52.0 Å².